The van der Waals surface area contributed by atoms with Crippen molar-refractivity contribution in [1.82, 2.24) is 10.2 Å². The zero-order valence-corrected chi connectivity index (χ0v) is 11.7. The van der Waals surface area contributed by atoms with Crippen LogP contribution in [0.2, 0.25) is 0 Å². The summed E-state index contributed by atoms with van der Waals surface area (Å²) < 4.78 is 0. The van der Waals surface area contributed by atoms with Crippen molar-refractivity contribution in [3.05, 3.63) is 0 Å². The van der Waals surface area contributed by atoms with Crippen LogP contribution in [-0.2, 0) is 9.59 Å². The highest BCUT2D eigenvalue weighted by molar-refractivity contribution is 5.78. The molecule has 0 saturated heterocycles. The minimum Gasteiger partial charge on any atom is -0.481 e. The van der Waals surface area contributed by atoms with Crippen LogP contribution in [0, 0.1) is 5.92 Å². The molecule has 0 aliphatic rings. The number of carboxylic acids is 1. The van der Waals surface area contributed by atoms with Crippen LogP contribution in [0.25, 0.3) is 0 Å². The Hall–Kier alpha value is -1.10. The van der Waals surface area contributed by atoms with E-state index in [1.54, 1.807) is 4.90 Å². The minimum absolute atomic E-state index is 0.123. The van der Waals surface area contributed by atoms with Crippen LogP contribution in [0.15, 0.2) is 0 Å². The largest absolute Gasteiger partial charge is 0.481 e. The Morgan fingerprint density at radius 1 is 1.22 bits per heavy atom. The number of aliphatic carboxylic acids is 1. The van der Waals surface area contributed by atoms with Gasteiger partial charge in [0.05, 0.1) is 6.54 Å². The molecule has 0 aromatic carbocycles. The number of carboxylic acid groups (broad SMARTS) is 1. The van der Waals surface area contributed by atoms with E-state index in [1.807, 2.05) is 20.8 Å². The van der Waals surface area contributed by atoms with Crippen LogP contribution in [0.4, 0.5) is 0 Å². The molecule has 0 aliphatic carbocycles. The van der Waals surface area contributed by atoms with E-state index in [0.717, 1.165) is 26.1 Å². The third kappa shape index (κ3) is 8.06. The first-order chi connectivity index (χ1) is 8.51. The van der Waals surface area contributed by atoms with Gasteiger partial charge < -0.3 is 15.3 Å². The number of hydrogen-bond donors (Lipinski definition) is 2. The van der Waals surface area contributed by atoms with Crippen LogP contribution in [-0.4, -0.2) is 48.1 Å². The number of nitrogens with one attached hydrogen (secondary N) is 1. The molecule has 106 valence electrons. The van der Waals surface area contributed by atoms with Gasteiger partial charge in [0.25, 0.3) is 0 Å². The van der Waals surface area contributed by atoms with E-state index >= 15 is 0 Å². The number of nitrogens with zero attached hydrogens (tertiary/aromatic N) is 1. The number of carbonyl (C=O) groups excluding carboxylic acids is 1. The fraction of sp³-hybridized carbons (Fsp3) is 0.846. The quantitative estimate of drug-likeness (QED) is 0.580. The molecule has 0 saturated carbocycles. The van der Waals surface area contributed by atoms with Crippen LogP contribution in [0.5, 0.6) is 0 Å². The van der Waals surface area contributed by atoms with Crippen molar-refractivity contribution in [3.63, 3.8) is 0 Å². The SMILES string of the molecule is CCN(CC)C(=O)CNCCC(C)CCC(=O)O. The van der Waals surface area contributed by atoms with Crippen LogP contribution in [0.1, 0.15) is 40.0 Å². The first-order valence-corrected chi connectivity index (χ1v) is 6.71. The normalized spacial score (nSPS) is 12.2. The maximum atomic E-state index is 11.7. The molecule has 1 atom stereocenters. The van der Waals surface area contributed by atoms with Gasteiger partial charge in [-0.05, 0) is 39.2 Å². The number of rotatable bonds is 10. The summed E-state index contributed by atoms with van der Waals surface area (Å²) >= 11 is 0. The topological polar surface area (TPSA) is 69.6 Å². The fourth-order valence-electron chi connectivity index (χ4n) is 1.75. The van der Waals surface area contributed by atoms with Crippen molar-refractivity contribution in [3.8, 4) is 0 Å². The van der Waals surface area contributed by atoms with E-state index in [1.165, 1.54) is 0 Å². The first-order valence-electron chi connectivity index (χ1n) is 6.71. The molecule has 0 aromatic heterocycles. The van der Waals surface area contributed by atoms with Gasteiger partial charge in [-0.1, -0.05) is 6.92 Å². The van der Waals surface area contributed by atoms with Crippen molar-refractivity contribution in [1.29, 1.82) is 0 Å². The van der Waals surface area contributed by atoms with Gasteiger partial charge in [-0.25, -0.2) is 0 Å². The van der Waals surface area contributed by atoms with Gasteiger partial charge in [-0.15, -0.1) is 0 Å². The minimum atomic E-state index is -0.744. The second-order valence-electron chi connectivity index (χ2n) is 4.57. The Kier molecular flexibility index (Phi) is 9.28. The molecule has 0 aromatic rings. The summed E-state index contributed by atoms with van der Waals surface area (Å²) in [5, 5.41) is 11.7. The summed E-state index contributed by atoms with van der Waals surface area (Å²) in [6.07, 6.45) is 1.82. The number of likely N-dealkylation sites (N-methyl/N-ethyl adjacent to an activating group) is 1. The molecular weight excluding hydrogens is 232 g/mol. The summed E-state index contributed by atoms with van der Waals surface area (Å²) in [7, 11) is 0. The number of amides is 1. The molecule has 0 bridgehead atoms. The van der Waals surface area contributed by atoms with E-state index in [9.17, 15) is 9.59 Å². The Balaban J connectivity index is 3.60. The standard InChI is InChI=1S/C13H26N2O3/c1-4-15(5-2)12(16)10-14-9-8-11(3)6-7-13(17)18/h11,14H,4-10H2,1-3H3,(H,17,18). The second kappa shape index (κ2) is 9.88. The molecular formula is C13H26N2O3. The molecule has 0 fully saturated rings. The molecule has 2 N–H and O–H groups in total. The second-order valence-corrected chi connectivity index (χ2v) is 4.57. The Labute approximate surface area is 110 Å². The molecule has 5 nitrogen and oxygen atoms in total. The highest BCUT2D eigenvalue weighted by atomic mass is 16.4. The predicted molar refractivity (Wildman–Crippen MR) is 71.4 cm³/mol. The van der Waals surface area contributed by atoms with Crippen molar-refractivity contribution >= 4 is 11.9 Å². The summed E-state index contributed by atoms with van der Waals surface area (Å²) in [5.41, 5.74) is 0. The Morgan fingerprint density at radius 2 is 1.83 bits per heavy atom. The van der Waals surface area contributed by atoms with Crippen molar-refractivity contribution in [2.75, 3.05) is 26.2 Å². The molecule has 18 heavy (non-hydrogen) atoms. The van der Waals surface area contributed by atoms with Gasteiger partial charge in [0, 0.05) is 19.5 Å². The molecule has 0 rings (SSSR count). The molecule has 1 amide bonds. The molecule has 0 heterocycles. The van der Waals surface area contributed by atoms with Gasteiger partial charge in [-0.3, -0.25) is 9.59 Å². The van der Waals surface area contributed by atoms with Crippen molar-refractivity contribution < 1.29 is 14.7 Å². The van der Waals surface area contributed by atoms with Gasteiger partial charge >= 0.3 is 5.97 Å². The Morgan fingerprint density at radius 3 is 2.33 bits per heavy atom. The van der Waals surface area contributed by atoms with Crippen molar-refractivity contribution in [2.45, 2.75) is 40.0 Å². The van der Waals surface area contributed by atoms with Crippen LogP contribution >= 0.6 is 0 Å². The lowest BCUT2D eigenvalue weighted by Crippen LogP contribution is -2.38. The molecule has 0 radical (unpaired) electrons. The smallest absolute Gasteiger partial charge is 0.303 e. The van der Waals surface area contributed by atoms with Gasteiger partial charge in [0.15, 0.2) is 0 Å². The summed E-state index contributed by atoms with van der Waals surface area (Å²) in [5.74, 6) is -0.248. The van der Waals surface area contributed by atoms with E-state index in [-0.39, 0.29) is 12.3 Å². The first kappa shape index (κ1) is 16.9. The molecule has 5 heteroatoms. The van der Waals surface area contributed by atoms with E-state index < -0.39 is 5.97 Å². The number of carbonyl (C=O) groups is 2. The molecule has 0 spiro atoms. The lowest BCUT2D eigenvalue weighted by Gasteiger charge is -2.19. The summed E-state index contributed by atoms with van der Waals surface area (Å²) in [6.45, 7) is 8.58. The van der Waals surface area contributed by atoms with Gasteiger partial charge in [0.1, 0.15) is 0 Å². The zero-order chi connectivity index (χ0) is 14.0. The van der Waals surface area contributed by atoms with E-state index in [4.69, 9.17) is 5.11 Å². The average Bonchev–Trinajstić information content (AvgIpc) is 2.33. The molecule has 0 aliphatic heterocycles. The van der Waals surface area contributed by atoms with Gasteiger partial charge in [0.2, 0.25) is 5.91 Å². The summed E-state index contributed by atoms with van der Waals surface area (Å²) in [6, 6.07) is 0. The monoisotopic (exact) mass is 258 g/mol. The lowest BCUT2D eigenvalue weighted by molar-refractivity contribution is -0.137. The highest BCUT2D eigenvalue weighted by Crippen LogP contribution is 2.08. The van der Waals surface area contributed by atoms with Gasteiger partial charge in [-0.2, -0.15) is 0 Å². The predicted octanol–water partition coefficient (Wildman–Crippen LogP) is 1.34. The van der Waals surface area contributed by atoms with Crippen LogP contribution in [0.3, 0.4) is 0 Å². The van der Waals surface area contributed by atoms with E-state index in [2.05, 4.69) is 5.32 Å². The maximum absolute atomic E-state index is 11.7. The third-order valence-electron chi connectivity index (χ3n) is 3.06. The molecule has 1 unspecified atom stereocenters. The summed E-state index contributed by atoms with van der Waals surface area (Å²) in [4.78, 5) is 23.8. The van der Waals surface area contributed by atoms with E-state index in [0.29, 0.717) is 18.9 Å². The fourth-order valence-corrected chi connectivity index (χ4v) is 1.75. The maximum Gasteiger partial charge on any atom is 0.303 e. The zero-order valence-electron chi connectivity index (χ0n) is 11.7. The lowest BCUT2D eigenvalue weighted by atomic mass is 10.0. The van der Waals surface area contributed by atoms with Crippen LogP contribution < -0.4 is 5.32 Å². The van der Waals surface area contributed by atoms with Crippen molar-refractivity contribution in [2.24, 2.45) is 5.92 Å². The average molecular weight is 258 g/mol. The highest BCUT2D eigenvalue weighted by Gasteiger charge is 2.09. The Bertz CT molecular complexity index is 253. The third-order valence-corrected chi connectivity index (χ3v) is 3.06. The number of hydrogen-bond acceptors (Lipinski definition) is 3.